The Morgan fingerprint density at radius 1 is 1.08 bits per heavy atom. The van der Waals surface area contributed by atoms with E-state index in [1.165, 1.54) is 0 Å². The van der Waals surface area contributed by atoms with E-state index in [1.807, 2.05) is 19.1 Å². The Morgan fingerprint density at radius 2 is 1.84 bits per heavy atom. The highest BCUT2D eigenvalue weighted by atomic mass is 19.4. The second-order valence-electron chi connectivity index (χ2n) is 8.90. The van der Waals surface area contributed by atoms with Crippen molar-refractivity contribution in [1.82, 2.24) is 14.9 Å². The molecule has 3 heterocycles. The van der Waals surface area contributed by atoms with E-state index >= 15 is 0 Å². The van der Waals surface area contributed by atoms with Gasteiger partial charge in [-0.25, -0.2) is 4.98 Å². The zero-order chi connectivity index (χ0) is 26.3. The number of benzene rings is 1. The van der Waals surface area contributed by atoms with E-state index in [1.54, 1.807) is 4.90 Å². The number of carbonyl (C=O) groups is 1. The molecule has 12 heteroatoms. The molecule has 1 amide bonds. The van der Waals surface area contributed by atoms with Crippen molar-refractivity contribution in [2.75, 3.05) is 74.7 Å². The number of hydrogen-bond acceptors (Lipinski definition) is 8. The fourth-order valence-corrected chi connectivity index (χ4v) is 4.35. The summed E-state index contributed by atoms with van der Waals surface area (Å²) in [5.41, 5.74) is 1.90. The average Bonchev–Trinajstić information content (AvgIpc) is 3.10. The fraction of sp³-hybridized carbons (Fsp3) is 0.560. The molecular weight excluding hydrogens is 489 g/mol. The van der Waals surface area contributed by atoms with Crippen LogP contribution in [0.1, 0.15) is 30.9 Å². The van der Waals surface area contributed by atoms with E-state index in [0.29, 0.717) is 52.4 Å². The molecule has 0 aliphatic carbocycles. The van der Waals surface area contributed by atoms with Crippen molar-refractivity contribution in [2.45, 2.75) is 32.4 Å². The Morgan fingerprint density at radius 3 is 2.59 bits per heavy atom. The summed E-state index contributed by atoms with van der Waals surface area (Å²) < 4.78 is 51.6. The van der Waals surface area contributed by atoms with Crippen LogP contribution in [-0.4, -0.2) is 79.9 Å². The molecule has 2 aromatic rings. The standard InChI is InChI=1S/C25H33F3N6O3/c1-2-18-16-19(33-9-13-37-14-10-33)4-5-21(18)31-24-30-17-20(25(26,27)28)23(32-24)29-7-3-8-34-11-15-36-12-6-22(34)35/h4-5,16-17H,2-3,6-15H2,1H3,(H2,29,30,31,32). The summed E-state index contributed by atoms with van der Waals surface area (Å²) in [6.07, 6.45) is -2.29. The van der Waals surface area contributed by atoms with Crippen LogP contribution in [0, 0.1) is 0 Å². The Balaban J connectivity index is 1.44. The lowest BCUT2D eigenvalue weighted by Gasteiger charge is -2.29. The molecule has 2 aliphatic heterocycles. The minimum atomic E-state index is -4.60. The molecule has 0 unspecified atom stereocenters. The summed E-state index contributed by atoms with van der Waals surface area (Å²) in [5, 5.41) is 5.89. The first-order chi connectivity index (χ1) is 17.8. The van der Waals surface area contributed by atoms with E-state index in [9.17, 15) is 18.0 Å². The van der Waals surface area contributed by atoms with E-state index in [-0.39, 0.29) is 24.2 Å². The lowest BCUT2D eigenvalue weighted by molar-refractivity contribution is -0.137. The number of nitrogens with zero attached hydrogens (tertiary/aromatic N) is 4. The molecule has 0 radical (unpaired) electrons. The van der Waals surface area contributed by atoms with Gasteiger partial charge in [-0.15, -0.1) is 0 Å². The lowest BCUT2D eigenvalue weighted by atomic mass is 10.1. The van der Waals surface area contributed by atoms with E-state index < -0.39 is 11.7 Å². The molecule has 0 spiro atoms. The maximum absolute atomic E-state index is 13.6. The number of aromatic nitrogens is 2. The first kappa shape index (κ1) is 26.9. The zero-order valence-corrected chi connectivity index (χ0v) is 20.9. The molecule has 2 fully saturated rings. The molecule has 1 aromatic heterocycles. The van der Waals surface area contributed by atoms with Gasteiger partial charge in [0.15, 0.2) is 0 Å². The van der Waals surface area contributed by atoms with Crippen LogP contribution in [0.4, 0.5) is 36.3 Å². The van der Waals surface area contributed by atoms with Crippen LogP contribution in [0.25, 0.3) is 0 Å². The first-order valence-corrected chi connectivity index (χ1v) is 12.6. The van der Waals surface area contributed by atoms with Crippen molar-refractivity contribution in [2.24, 2.45) is 0 Å². The maximum atomic E-state index is 13.6. The van der Waals surface area contributed by atoms with Crippen molar-refractivity contribution >= 4 is 29.0 Å². The van der Waals surface area contributed by atoms with Crippen LogP contribution in [0.15, 0.2) is 24.4 Å². The zero-order valence-electron chi connectivity index (χ0n) is 20.9. The summed E-state index contributed by atoms with van der Waals surface area (Å²) in [5.74, 6) is -0.226. The van der Waals surface area contributed by atoms with Crippen molar-refractivity contribution in [3.8, 4) is 0 Å². The van der Waals surface area contributed by atoms with Gasteiger partial charge in [-0.3, -0.25) is 4.79 Å². The molecule has 2 aliphatic rings. The topological polar surface area (TPSA) is 91.9 Å². The van der Waals surface area contributed by atoms with Crippen molar-refractivity contribution in [3.05, 3.63) is 35.5 Å². The molecule has 2 N–H and O–H groups in total. The molecule has 0 bridgehead atoms. The van der Waals surface area contributed by atoms with Crippen LogP contribution in [0.5, 0.6) is 0 Å². The minimum absolute atomic E-state index is 0.00614. The van der Waals surface area contributed by atoms with Gasteiger partial charge in [-0.05, 0) is 36.6 Å². The van der Waals surface area contributed by atoms with Gasteiger partial charge in [0.05, 0.1) is 32.8 Å². The van der Waals surface area contributed by atoms with Crippen molar-refractivity contribution in [1.29, 1.82) is 0 Å². The van der Waals surface area contributed by atoms with E-state index in [2.05, 4.69) is 31.6 Å². The highest BCUT2D eigenvalue weighted by Crippen LogP contribution is 2.34. The molecule has 0 atom stereocenters. The Bertz CT molecular complexity index is 1060. The predicted molar refractivity (Wildman–Crippen MR) is 134 cm³/mol. The van der Waals surface area contributed by atoms with Crippen LogP contribution in [-0.2, 0) is 26.9 Å². The molecule has 2 saturated heterocycles. The number of ether oxygens (including phenoxy) is 2. The predicted octanol–water partition coefficient (Wildman–Crippen LogP) is 3.69. The SMILES string of the molecule is CCc1cc(N2CCOCC2)ccc1Nc1ncc(C(F)(F)F)c(NCCCN2CCOCCC2=O)n1. The van der Waals surface area contributed by atoms with Gasteiger partial charge in [0.2, 0.25) is 11.9 Å². The minimum Gasteiger partial charge on any atom is -0.379 e. The first-order valence-electron chi connectivity index (χ1n) is 12.6. The average molecular weight is 523 g/mol. The number of carbonyl (C=O) groups excluding carboxylic acids is 1. The van der Waals surface area contributed by atoms with Gasteiger partial charge in [0.25, 0.3) is 0 Å². The monoisotopic (exact) mass is 522 g/mol. The Labute approximate surface area is 214 Å². The van der Waals surface area contributed by atoms with Gasteiger partial charge < -0.3 is 29.9 Å². The number of anilines is 4. The van der Waals surface area contributed by atoms with Crippen LogP contribution < -0.4 is 15.5 Å². The van der Waals surface area contributed by atoms with Crippen LogP contribution in [0.2, 0.25) is 0 Å². The normalized spacial score (nSPS) is 17.0. The maximum Gasteiger partial charge on any atom is 0.421 e. The second kappa shape index (κ2) is 12.4. The van der Waals surface area contributed by atoms with Crippen molar-refractivity contribution in [3.63, 3.8) is 0 Å². The Hall–Kier alpha value is -3.12. The summed E-state index contributed by atoms with van der Waals surface area (Å²) in [6.45, 7) is 7.00. The Kier molecular flexibility index (Phi) is 9.04. The smallest absolute Gasteiger partial charge is 0.379 e. The number of rotatable bonds is 9. The van der Waals surface area contributed by atoms with E-state index in [4.69, 9.17) is 9.47 Å². The summed E-state index contributed by atoms with van der Waals surface area (Å²) in [7, 11) is 0. The van der Waals surface area contributed by atoms with Crippen LogP contribution in [0.3, 0.4) is 0 Å². The highest BCUT2D eigenvalue weighted by molar-refractivity contribution is 5.76. The van der Waals surface area contributed by atoms with Gasteiger partial charge in [-0.1, -0.05) is 6.92 Å². The summed E-state index contributed by atoms with van der Waals surface area (Å²) >= 11 is 0. The number of nitrogens with one attached hydrogen (secondary N) is 2. The number of alkyl halides is 3. The second-order valence-corrected chi connectivity index (χ2v) is 8.90. The summed E-state index contributed by atoms with van der Waals surface area (Å²) in [6, 6.07) is 5.96. The van der Waals surface area contributed by atoms with Crippen molar-refractivity contribution < 1.29 is 27.4 Å². The van der Waals surface area contributed by atoms with E-state index in [0.717, 1.165) is 42.6 Å². The third kappa shape index (κ3) is 7.22. The molecule has 1 aromatic carbocycles. The van der Waals surface area contributed by atoms with Gasteiger partial charge in [0.1, 0.15) is 11.4 Å². The molecule has 0 saturated carbocycles. The molecule has 4 rings (SSSR count). The molecule has 9 nitrogen and oxygen atoms in total. The van der Waals surface area contributed by atoms with Gasteiger partial charge in [0, 0.05) is 50.3 Å². The number of aryl methyl sites for hydroxylation is 1. The fourth-order valence-electron chi connectivity index (χ4n) is 4.35. The summed E-state index contributed by atoms with van der Waals surface area (Å²) in [4.78, 5) is 24.1. The van der Waals surface area contributed by atoms with Gasteiger partial charge in [-0.2, -0.15) is 18.2 Å². The number of morpholine rings is 1. The van der Waals surface area contributed by atoms with Crippen LogP contribution >= 0.6 is 0 Å². The molecular formula is C25H33F3N6O3. The largest absolute Gasteiger partial charge is 0.421 e. The number of amides is 1. The lowest BCUT2D eigenvalue weighted by Crippen LogP contribution is -2.36. The quantitative estimate of drug-likeness (QED) is 0.482. The number of halogens is 3. The molecule has 37 heavy (non-hydrogen) atoms. The molecule has 202 valence electrons. The van der Waals surface area contributed by atoms with Gasteiger partial charge >= 0.3 is 6.18 Å². The highest BCUT2D eigenvalue weighted by Gasteiger charge is 2.35. The third-order valence-electron chi connectivity index (χ3n) is 6.40. The number of hydrogen-bond donors (Lipinski definition) is 2. The third-order valence-corrected chi connectivity index (χ3v) is 6.40.